The van der Waals surface area contributed by atoms with Crippen molar-refractivity contribution in [1.82, 2.24) is 9.55 Å². The number of para-hydroxylation sites is 2. The van der Waals surface area contributed by atoms with Gasteiger partial charge in [-0.3, -0.25) is 9.59 Å². The molecule has 0 spiro atoms. The van der Waals surface area contributed by atoms with Crippen LogP contribution in [0, 0.1) is 12.8 Å². The van der Waals surface area contributed by atoms with E-state index in [1.807, 2.05) is 56.3 Å². The van der Waals surface area contributed by atoms with Crippen molar-refractivity contribution in [1.29, 1.82) is 0 Å². The van der Waals surface area contributed by atoms with E-state index in [0.29, 0.717) is 13.1 Å². The summed E-state index contributed by atoms with van der Waals surface area (Å²) < 4.78 is 2.09. The Kier molecular flexibility index (Phi) is 4.63. The van der Waals surface area contributed by atoms with E-state index in [9.17, 15) is 9.59 Å². The fraction of sp³-hybridized carbons (Fsp3) is 0.318. The highest BCUT2D eigenvalue weighted by molar-refractivity contribution is 5.96. The van der Waals surface area contributed by atoms with Crippen molar-refractivity contribution in [2.75, 3.05) is 16.8 Å². The number of aryl methyl sites for hydroxylation is 1. The molecule has 2 amide bonds. The average Bonchev–Trinajstić information content (AvgIpc) is 3.22. The standard InChI is InChI=1S/C22H24N4O2/c1-14(13-26-15(2)23-19-6-4-5-7-21(19)26)22(28)24-18-8-9-20-17(12-18)10-11-25(20)16(3)27/h4-9,12,14H,10-11,13H2,1-3H3,(H,24,28). The Balaban J connectivity index is 1.48. The first-order valence-electron chi connectivity index (χ1n) is 9.58. The lowest BCUT2D eigenvalue weighted by Gasteiger charge is -2.17. The number of nitrogens with zero attached hydrogens (tertiary/aromatic N) is 3. The number of nitrogens with one attached hydrogen (secondary N) is 1. The minimum Gasteiger partial charge on any atom is -0.327 e. The van der Waals surface area contributed by atoms with Crippen LogP contribution in [0.2, 0.25) is 0 Å². The zero-order valence-corrected chi connectivity index (χ0v) is 16.4. The molecular formula is C22H24N4O2. The molecule has 6 heteroatoms. The van der Waals surface area contributed by atoms with E-state index in [2.05, 4.69) is 14.9 Å². The summed E-state index contributed by atoms with van der Waals surface area (Å²) in [7, 11) is 0. The topological polar surface area (TPSA) is 67.2 Å². The van der Waals surface area contributed by atoms with Gasteiger partial charge in [-0.2, -0.15) is 0 Å². The molecule has 28 heavy (non-hydrogen) atoms. The van der Waals surface area contributed by atoms with Gasteiger partial charge in [-0.25, -0.2) is 4.98 Å². The van der Waals surface area contributed by atoms with E-state index in [0.717, 1.165) is 40.2 Å². The first-order chi connectivity index (χ1) is 13.4. The first-order valence-corrected chi connectivity index (χ1v) is 9.58. The summed E-state index contributed by atoms with van der Waals surface area (Å²) in [6.07, 6.45) is 0.814. The zero-order chi connectivity index (χ0) is 19.8. The highest BCUT2D eigenvalue weighted by Gasteiger charge is 2.23. The third-order valence-electron chi connectivity index (χ3n) is 5.37. The van der Waals surface area contributed by atoms with Gasteiger partial charge in [-0.1, -0.05) is 19.1 Å². The third kappa shape index (κ3) is 3.26. The Morgan fingerprint density at radius 3 is 2.79 bits per heavy atom. The van der Waals surface area contributed by atoms with E-state index in [4.69, 9.17) is 0 Å². The van der Waals surface area contributed by atoms with Crippen LogP contribution in [0.1, 0.15) is 25.2 Å². The second-order valence-corrected chi connectivity index (χ2v) is 7.41. The third-order valence-corrected chi connectivity index (χ3v) is 5.37. The molecule has 0 fully saturated rings. The Labute approximate surface area is 164 Å². The smallest absolute Gasteiger partial charge is 0.229 e. The summed E-state index contributed by atoms with van der Waals surface area (Å²) >= 11 is 0. The number of imidazole rings is 1. The van der Waals surface area contributed by atoms with E-state index in [1.54, 1.807) is 11.8 Å². The molecule has 3 aromatic rings. The number of amides is 2. The zero-order valence-electron chi connectivity index (χ0n) is 16.4. The SMILES string of the molecule is CC(=O)N1CCc2cc(NC(=O)C(C)Cn3c(C)nc4ccccc43)ccc21. The number of fused-ring (bicyclic) bond motifs is 2. The molecule has 0 aliphatic carbocycles. The molecule has 144 valence electrons. The molecule has 2 heterocycles. The molecule has 0 bridgehead atoms. The molecule has 6 nitrogen and oxygen atoms in total. The molecule has 2 aromatic carbocycles. The van der Waals surface area contributed by atoms with Gasteiger partial charge < -0.3 is 14.8 Å². The molecule has 1 aromatic heterocycles. The van der Waals surface area contributed by atoms with Gasteiger partial charge >= 0.3 is 0 Å². The lowest BCUT2D eigenvalue weighted by Crippen LogP contribution is -2.26. The fourth-order valence-electron chi connectivity index (χ4n) is 3.86. The lowest BCUT2D eigenvalue weighted by atomic mass is 10.1. The molecule has 1 unspecified atom stereocenters. The summed E-state index contributed by atoms with van der Waals surface area (Å²) in [6.45, 7) is 6.74. The second-order valence-electron chi connectivity index (χ2n) is 7.41. The molecular weight excluding hydrogens is 352 g/mol. The van der Waals surface area contributed by atoms with Crippen LogP contribution < -0.4 is 10.2 Å². The van der Waals surface area contributed by atoms with E-state index in [1.165, 1.54) is 0 Å². The van der Waals surface area contributed by atoms with Crippen molar-refractivity contribution in [3.8, 4) is 0 Å². The monoisotopic (exact) mass is 376 g/mol. The lowest BCUT2D eigenvalue weighted by molar-refractivity contribution is -0.119. The van der Waals surface area contributed by atoms with Crippen LogP contribution in [0.25, 0.3) is 11.0 Å². The molecule has 0 saturated heterocycles. The summed E-state index contributed by atoms with van der Waals surface area (Å²) in [5, 5.41) is 3.02. The highest BCUT2D eigenvalue weighted by Crippen LogP contribution is 2.30. The van der Waals surface area contributed by atoms with Crippen LogP contribution in [0.5, 0.6) is 0 Å². The van der Waals surface area contributed by atoms with Gasteiger partial charge in [0.1, 0.15) is 5.82 Å². The Hall–Kier alpha value is -3.15. The highest BCUT2D eigenvalue weighted by atomic mass is 16.2. The van der Waals surface area contributed by atoms with E-state index >= 15 is 0 Å². The van der Waals surface area contributed by atoms with Crippen LogP contribution >= 0.6 is 0 Å². The number of carbonyl (C=O) groups is 2. The first kappa shape index (κ1) is 18.2. The van der Waals surface area contributed by atoms with Crippen LogP contribution in [0.3, 0.4) is 0 Å². The minimum absolute atomic E-state index is 0.0291. The molecule has 1 atom stereocenters. The van der Waals surface area contributed by atoms with Crippen molar-refractivity contribution in [2.24, 2.45) is 5.92 Å². The quantitative estimate of drug-likeness (QED) is 0.757. The predicted molar refractivity (Wildman–Crippen MR) is 110 cm³/mol. The normalized spacial score (nSPS) is 14.2. The molecule has 0 radical (unpaired) electrons. The fourth-order valence-corrected chi connectivity index (χ4v) is 3.86. The Bertz CT molecular complexity index is 1070. The summed E-state index contributed by atoms with van der Waals surface area (Å²) in [6, 6.07) is 13.7. The van der Waals surface area contributed by atoms with Crippen molar-refractivity contribution in [2.45, 2.75) is 33.7 Å². The van der Waals surface area contributed by atoms with Crippen LogP contribution in [0.4, 0.5) is 11.4 Å². The van der Waals surface area contributed by atoms with Crippen LogP contribution in [-0.4, -0.2) is 27.9 Å². The molecule has 0 saturated carbocycles. The van der Waals surface area contributed by atoms with E-state index in [-0.39, 0.29) is 17.7 Å². The number of rotatable bonds is 4. The van der Waals surface area contributed by atoms with Gasteiger partial charge in [0.15, 0.2) is 0 Å². The Morgan fingerprint density at radius 1 is 1.21 bits per heavy atom. The summed E-state index contributed by atoms with van der Waals surface area (Å²) in [4.78, 5) is 30.8. The minimum atomic E-state index is -0.210. The predicted octanol–water partition coefficient (Wildman–Crippen LogP) is 3.53. The number of aromatic nitrogens is 2. The van der Waals surface area contributed by atoms with E-state index < -0.39 is 0 Å². The summed E-state index contributed by atoms with van der Waals surface area (Å²) in [5.74, 6) is 0.714. The van der Waals surface area contributed by atoms with Gasteiger partial charge in [0.2, 0.25) is 11.8 Å². The maximum absolute atomic E-state index is 12.7. The van der Waals surface area contributed by atoms with Crippen LogP contribution in [-0.2, 0) is 22.6 Å². The Morgan fingerprint density at radius 2 is 2.00 bits per heavy atom. The van der Waals surface area contributed by atoms with Crippen LogP contribution in [0.15, 0.2) is 42.5 Å². The molecule has 1 aliphatic heterocycles. The average molecular weight is 376 g/mol. The molecule has 1 N–H and O–H groups in total. The van der Waals surface area contributed by atoms with Crippen molar-refractivity contribution >= 4 is 34.2 Å². The number of hydrogen-bond acceptors (Lipinski definition) is 3. The molecule has 4 rings (SSSR count). The maximum atomic E-state index is 12.7. The summed E-state index contributed by atoms with van der Waals surface area (Å²) in [5.41, 5.74) is 4.80. The van der Waals surface area contributed by atoms with Gasteiger partial charge in [-0.15, -0.1) is 0 Å². The van der Waals surface area contributed by atoms with Gasteiger partial charge in [0.25, 0.3) is 0 Å². The number of benzene rings is 2. The number of hydrogen-bond donors (Lipinski definition) is 1. The number of anilines is 2. The maximum Gasteiger partial charge on any atom is 0.229 e. The number of carbonyl (C=O) groups excluding carboxylic acids is 2. The van der Waals surface area contributed by atoms with Gasteiger partial charge in [0, 0.05) is 31.4 Å². The van der Waals surface area contributed by atoms with Gasteiger partial charge in [0.05, 0.1) is 17.0 Å². The second kappa shape index (κ2) is 7.11. The van der Waals surface area contributed by atoms with Crippen molar-refractivity contribution in [3.05, 3.63) is 53.9 Å². The van der Waals surface area contributed by atoms with Crippen molar-refractivity contribution in [3.63, 3.8) is 0 Å². The molecule has 1 aliphatic rings. The van der Waals surface area contributed by atoms with Gasteiger partial charge in [-0.05, 0) is 49.2 Å². The van der Waals surface area contributed by atoms with Crippen molar-refractivity contribution < 1.29 is 9.59 Å². The largest absolute Gasteiger partial charge is 0.327 e.